The van der Waals surface area contributed by atoms with E-state index in [1.165, 1.54) is 25.3 Å². The molecule has 2 fully saturated rings. The van der Waals surface area contributed by atoms with E-state index in [4.69, 9.17) is 4.74 Å². The number of hydrogen-bond donors (Lipinski definition) is 1. The Morgan fingerprint density at radius 3 is 2.42 bits per heavy atom. The summed E-state index contributed by atoms with van der Waals surface area (Å²) < 4.78 is 18.5. The summed E-state index contributed by atoms with van der Waals surface area (Å²) in [5.74, 6) is 0.689. The highest BCUT2D eigenvalue weighted by molar-refractivity contribution is 5.98. The molecule has 0 radical (unpaired) electrons. The van der Waals surface area contributed by atoms with Gasteiger partial charge in [-0.1, -0.05) is 0 Å². The quantitative estimate of drug-likeness (QED) is 0.793. The van der Waals surface area contributed by atoms with Gasteiger partial charge in [-0.2, -0.15) is 0 Å². The van der Waals surface area contributed by atoms with Gasteiger partial charge in [-0.05, 0) is 56.0 Å². The molecule has 0 bridgehead atoms. The van der Waals surface area contributed by atoms with Crippen LogP contribution in [-0.4, -0.2) is 49.9 Å². The van der Waals surface area contributed by atoms with Crippen LogP contribution in [0.3, 0.4) is 0 Å². The van der Waals surface area contributed by atoms with Crippen LogP contribution in [-0.2, 0) is 4.79 Å². The van der Waals surface area contributed by atoms with Gasteiger partial charge in [0, 0.05) is 31.5 Å². The predicted molar refractivity (Wildman–Crippen MR) is 99.4 cm³/mol. The Labute approximate surface area is 159 Å². The maximum Gasteiger partial charge on any atom is 0.223 e. The molecule has 0 saturated carbocycles. The highest BCUT2D eigenvalue weighted by Gasteiger charge is 2.31. The predicted octanol–water partition coefficient (Wildman–Crippen LogP) is 2.68. The van der Waals surface area contributed by atoms with E-state index in [0.717, 1.165) is 39.0 Å². The lowest BCUT2D eigenvalue weighted by molar-refractivity contribution is -0.131. The van der Waals surface area contributed by atoms with Crippen LogP contribution in [0.25, 0.3) is 0 Å². The topological polar surface area (TPSA) is 58.6 Å². The van der Waals surface area contributed by atoms with E-state index in [1.807, 2.05) is 4.90 Å². The molecule has 7 heteroatoms. The van der Waals surface area contributed by atoms with Gasteiger partial charge in [0.2, 0.25) is 5.91 Å². The third-order valence-electron chi connectivity index (χ3n) is 5.41. The number of rotatable bonds is 5. The molecule has 0 spiro atoms. The molecule has 1 aromatic carbocycles. The van der Waals surface area contributed by atoms with Gasteiger partial charge in [0.15, 0.2) is 17.3 Å². The molecule has 1 N–H and O–H groups in total. The van der Waals surface area contributed by atoms with E-state index in [0.29, 0.717) is 11.8 Å². The van der Waals surface area contributed by atoms with Crippen LogP contribution in [0.5, 0.6) is 5.75 Å². The Balaban J connectivity index is 0.00000243. The zero-order chi connectivity index (χ0) is 17.8. The van der Waals surface area contributed by atoms with Crippen molar-refractivity contribution in [1.29, 1.82) is 0 Å². The van der Waals surface area contributed by atoms with Crippen LogP contribution in [0.15, 0.2) is 18.2 Å². The SMILES string of the molecule is COc1ccc(C(=O)CCC(=O)N2CC[C@@H]3CNC[C@@H]3CC2)cc1F.Cl. The summed E-state index contributed by atoms with van der Waals surface area (Å²) >= 11 is 0. The molecule has 2 saturated heterocycles. The molecule has 1 amide bonds. The van der Waals surface area contributed by atoms with Crippen molar-refractivity contribution in [2.45, 2.75) is 25.7 Å². The van der Waals surface area contributed by atoms with Crippen molar-refractivity contribution in [1.82, 2.24) is 10.2 Å². The van der Waals surface area contributed by atoms with Crippen LogP contribution in [0.1, 0.15) is 36.0 Å². The number of amides is 1. The lowest BCUT2D eigenvalue weighted by Crippen LogP contribution is -2.32. The fraction of sp³-hybridized carbons (Fsp3) is 0.579. The third-order valence-corrected chi connectivity index (χ3v) is 5.41. The second-order valence-electron chi connectivity index (χ2n) is 6.91. The summed E-state index contributed by atoms with van der Waals surface area (Å²) in [7, 11) is 1.38. The molecule has 0 aromatic heterocycles. The summed E-state index contributed by atoms with van der Waals surface area (Å²) in [6.45, 7) is 3.64. The van der Waals surface area contributed by atoms with Gasteiger partial charge in [-0.25, -0.2) is 4.39 Å². The van der Waals surface area contributed by atoms with Crippen LogP contribution in [0.2, 0.25) is 0 Å². The minimum atomic E-state index is -0.563. The molecule has 0 unspecified atom stereocenters. The number of nitrogens with one attached hydrogen (secondary N) is 1. The number of hydrogen-bond acceptors (Lipinski definition) is 4. The van der Waals surface area contributed by atoms with Gasteiger partial charge in [-0.15, -0.1) is 12.4 Å². The van der Waals surface area contributed by atoms with E-state index >= 15 is 0 Å². The van der Waals surface area contributed by atoms with Crippen molar-refractivity contribution in [2.75, 3.05) is 33.3 Å². The fourth-order valence-corrected chi connectivity index (χ4v) is 3.83. The van der Waals surface area contributed by atoms with E-state index in [1.54, 1.807) is 0 Å². The molecule has 2 aliphatic rings. The molecule has 26 heavy (non-hydrogen) atoms. The summed E-state index contributed by atoms with van der Waals surface area (Å²) in [5, 5.41) is 3.42. The van der Waals surface area contributed by atoms with Gasteiger partial charge in [-0.3, -0.25) is 9.59 Å². The average molecular weight is 385 g/mol. The second kappa shape index (κ2) is 9.33. The summed E-state index contributed by atoms with van der Waals surface area (Å²) in [6, 6.07) is 4.15. The highest BCUT2D eigenvalue weighted by atomic mass is 35.5. The zero-order valence-corrected chi connectivity index (χ0v) is 15.8. The van der Waals surface area contributed by atoms with E-state index in [-0.39, 0.29) is 48.3 Å². The normalized spacial score (nSPS) is 22.2. The summed E-state index contributed by atoms with van der Waals surface area (Å²) in [6.07, 6.45) is 2.34. The lowest BCUT2D eigenvalue weighted by atomic mass is 9.92. The van der Waals surface area contributed by atoms with Crippen molar-refractivity contribution in [2.24, 2.45) is 11.8 Å². The zero-order valence-electron chi connectivity index (χ0n) is 15.0. The number of likely N-dealkylation sites (tertiary alicyclic amines) is 1. The Morgan fingerprint density at radius 2 is 1.85 bits per heavy atom. The monoisotopic (exact) mass is 384 g/mol. The number of carbonyl (C=O) groups excluding carboxylic acids is 2. The lowest BCUT2D eigenvalue weighted by Gasteiger charge is -2.20. The maximum absolute atomic E-state index is 13.7. The number of ketones is 1. The average Bonchev–Trinajstić information content (AvgIpc) is 2.97. The van der Waals surface area contributed by atoms with Crippen molar-refractivity contribution < 1.29 is 18.7 Å². The first-order valence-corrected chi connectivity index (χ1v) is 8.93. The summed E-state index contributed by atoms with van der Waals surface area (Å²) in [5.41, 5.74) is 0.280. The number of Topliss-reactive ketones (excluding diaryl/α,β-unsaturated/α-hetero) is 1. The maximum atomic E-state index is 13.7. The Morgan fingerprint density at radius 1 is 1.19 bits per heavy atom. The minimum absolute atomic E-state index is 0. The fourth-order valence-electron chi connectivity index (χ4n) is 3.83. The number of carbonyl (C=O) groups is 2. The molecular weight excluding hydrogens is 359 g/mol. The van der Waals surface area contributed by atoms with Gasteiger partial charge >= 0.3 is 0 Å². The standard InChI is InChI=1S/C19H25FN2O3.ClH/c1-25-18-4-2-13(10-16(18)20)17(23)3-5-19(24)22-8-6-14-11-21-12-15(14)7-9-22;/h2,4,10,14-15,21H,3,5-9,11-12H2,1H3;1H/t14-,15+;. The number of ether oxygens (including phenoxy) is 1. The molecule has 5 nitrogen and oxygen atoms in total. The van der Waals surface area contributed by atoms with Crippen LogP contribution in [0, 0.1) is 17.7 Å². The minimum Gasteiger partial charge on any atom is -0.494 e. The van der Waals surface area contributed by atoms with Gasteiger partial charge in [0.25, 0.3) is 0 Å². The number of methoxy groups -OCH3 is 1. The van der Waals surface area contributed by atoms with Crippen LogP contribution < -0.4 is 10.1 Å². The Kier molecular flexibility index (Phi) is 7.41. The van der Waals surface area contributed by atoms with Gasteiger partial charge < -0.3 is 15.0 Å². The molecule has 2 heterocycles. The van der Waals surface area contributed by atoms with Crippen molar-refractivity contribution in [3.63, 3.8) is 0 Å². The van der Waals surface area contributed by atoms with Gasteiger partial charge in [0.1, 0.15) is 0 Å². The first kappa shape index (κ1) is 20.6. The molecule has 2 atom stereocenters. The number of benzene rings is 1. The largest absolute Gasteiger partial charge is 0.494 e. The van der Waals surface area contributed by atoms with Crippen LogP contribution >= 0.6 is 12.4 Å². The molecule has 144 valence electrons. The molecule has 0 aliphatic carbocycles. The smallest absolute Gasteiger partial charge is 0.223 e. The van der Waals surface area contributed by atoms with Gasteiger partial charge in [0.05, 0.1) is 7.11 Å². The number of nitrogens with zero attached hydrogens (tertiary/aromatic N) is 1. The number of fused-ring (bicyclic) bond motifs is 1. The molecule has 3 rings (SSSR count). The first-order valence-electron chi connectivity index (χ1n) is 8.93. The van der Waals surface area contributed by atoms with Crippen molar-refractivity contribution >= 4 is 24.1 Å². The Bertz CT molecular complexity index is 642. The number of halogens is 2. The van der Waals surface area contributed by atoms with Crippen LogP contribution in [0.4, 0.5) is 4.39 Å². The van der Waals surface area contributed by atoms with E-state index < -0.39 is 5.82 Å². The molecule has 1 aromatic rings. The summed E-state index contributed by atoms with van der Waals surface area (Å²) in [4.78, 5) is 26.6. The Hall–Kier alpha value is -1.66. The highest BCUT2D eigenvalue weighted by Crippen LogP contribution is 2.27. The third kappa shape index (κ3) is 4.74. The molecule has 2 aliphatic heterocycles. The van der Waals surface area contributed by atoms with E-state index in [9.17, 15) is 14.0 Å². The van der Waals surface area contributed by atoms with Crippen molar-refractivity contribution in [3.05, 3.63) is 29.6 Å². The van der Waals surface area contributed by atoms with E-state index in [2.05, 4.69) is 5.32 Å². The first-order chi connectivity index (χ1) is 12.1. The molecular formula is C19H26ClFN2O3. The second-order valence-corrected chi connectivity index (χ2v) is 6.91. The van der Waals surface area contributed by atoms with Crippen molar-refractivity contribution in [3.8, 4) is 5.75 Å².